The van der Waals surface area contributed by atoms with Gasteiger partial charge in [0.2, 0.25) is 5.91 Å². The Morgan fingerprint density at radius 3 is 2.42 bits per heavy atom. The van der Waals surface area contributed by atoms with Crippen LogP contribution >= 0.6 is 0 Å². The average molecular weight is 515 g/mol. The normalized spacial score (nSPS) is 17.3. The number of nitrogens with one attached hydrogen (secondary N) is 1. The van der Waals surface area contributed by atoms with Crippen molar-refractivity contribution in [3.63, 3.8) is 0 Å². The second kappa shape index (κ2) is 13.2. The maximum absolute atomic E-state index is 13.5. The zero-order valence-electron chi connectivity index (χ0n) is 22.3. The van der Waals surface area contributed by atoms with Gasteiger partial charge in [0.05, 0.1) is 7.11 Å². The molecule has 7 heteroatoms. The maximum Gasteiger partial charge on any atom is 0.254 e. The predicted molar refractivity (Wildman–Crippen MR) is 150 cm³/mol. The molecule has 4 rings (SSSR count). The second-order valence-corrected chi connectivity index (χ2v) is 9.88. The third kappa shape index (κ3) is 7.00. The molecule has 2 amide bonds. The van der Waals surface area contributed by atoms with Crippen molar-refractivity contribution < 1.29 is 14.3 Å². The summed E-state index contributed by atoms with van der Waals surface area (Å²) in [6.07, 6.45) is 1.32. The smallest absolute Gasteiger partial charge is 0.254 e. The van der Waals surface area contributed by atoms with Crippen molar-refractivity contribution in [2.75, 3.05) is 26.7 Å². The number of nitrogens with two attached hydrogens (primary N) is 1. The highest BCUT2D eigenvalue weighted by atomic mass is 16.5. The molecule has 38 heavy (non-hydrogen) atoms. The van der Waals surface area contributed by atoms with E-state index in [9.17, 15) is 9.59 Å². The van der Waals surface area contributed by atoms with Gasteiger partial charge in [0, 0.05) is 44.3 Å². The molecular formula is C31H38N4O3. The van der Waals surface area contributed by atoms with Gasteiger partial charge in [-0.25, -0.2) is 0 Å². The Hall–Kier alpha value is -3.68. The Labute approximate surface area is 225 Å². The molecule has 200 valence electrons. The topological polar surface area (TPSA) is 87.9 Å². The van der Waals surface area contributed by atoms with Crippen LogP contribution in [0.25, 0.3) is 0 Å². The lowest BCUT2D eigenvalue weighted by molar-refractivity contribution is -0.127. The van der Waals surface area contributed by atoms with Gasteiger partial charge in [-0.1, -0.05) is 60.2 Å². The van der Waals surface area contributed by atoms with Crippen molar-refractivity contribution in [2.24, 2.45) is 5.73 Å². The van der Waals surface area contributed by atoms with Crippen LogP contribution in [0.2, 0.25) is 0 Å². The summed E-state index contributed by atoms with van der Waals surface area (Å²) in [5.41, 5.74) is 9.70. The first-order valence-corrected chi connectivity index (χ1v) is 13.2. The van der Waals surface area contributed by atoms with Crippen molar-refractivity contribution >= 4 is 11.8 Å². The third-order valence-corrected chi connectivity index (χ3v) is 7.15. The largest absolute Gasteiger partial charge is 0.497 e. The van der Waals surface area contributed by atoms with Crippen LogP contribution in [-0.4, -0.2) is 60.4 Å². The van der Waals surface area contributed by atoms with Crippen LogP contribution in [0.1, 0.15) is 39.9 Å². The van der Waals surface area contributed by atoms with Crippen molar-refractivity contribution in [3.8, 4) is 5.75 Å². The molecule has 3 aromatic carbocycles. The number of piperidine rings is 1. The summed E-state index contributed by atoms with van der Waals surface area (Å²) in [5, 5.41) is 2.93. The van der Waals surface area contributed by atoms with Gasteiger partial charge in [-0.15, -0.1) is 0 Å². The van der Waals surface area contributed by atoms with E-state index in [1.807, 2.05) is 61.5 Å². The first-order valence-electron chi connectivity index (χ1n) is 13.2. The van der Waals surface area contributed by atoms with E-state index < -0.39 is 6.04 Å². The molecule has 0 aromatic heterocycles. The van der Waals surface area contributed by atoms with Gasteiger partial charge < -0.3 is 20.7 Å². The highest BCUT2D eigenvalue weighted by Crippen LogP contribution is 2.28. The van der Waals surface area contributed by atoms with E-state index in [0.717, 1.165) is 29.8 Å². The molecule has 0 bridgehead atoms. The molecule has 0 saturated carbocycles. The van der Waals surface area contributed by atoms with Gasteiger partial charge >= 0.3 is 0 Å². The standard InChI is InChI=1S/C31H38N4O3/c1-23-11-13-26(14-12-23)31(37)35-18-15-27(20-29(35)30(36)33-17-16-32)34(21-24-7-4-3-5-8-24)22-25-9-6-10-28(19-25)38-2/h3-14,19,27,29H,15-18,20-22,32H2,1-2H3,(H,33,36)/t27?,29-/m1/s1. The number of amides is 2. The van der Waals surface area contributed by atoms with Crippen LogP contribution in [0.5, 0.6) is 5.75 Å². The molecule has 2 atom stereocenters. The molecule has 3 aromatic rings. The number of rotatable bonds is 10. The third-order valence-electron chi connectivity index (χ3n) is 7.15. The van der Waals surface area contributed by atoms with E-state index in [1.165, 1.54) is 5.56 Å². The fourth-order valence-electron chi connectivity index (χ4n) is 5.08. The molecule has 1 aliphatic heterocycles. The van der Waals surface area contributed by atoms with Crippen molar-refractivity contribution in [1.82, 2.24) is 15.1 Å². The highest BCUT2D eigenvalue weighted by Gasteiger charge is 2.38. The van der Waals surface area contributed by atoms with Crippen molar-refractivity contribution in [2.45, 2.75) is 44.9 Å². The van der Waals surface area contributed by atoms with Crippen LogP contribution in [0.3, 0.4) is 0 Å². The molecule has 3 N–H and O–H groups in total. The number of carbonyl (C=O) groups excluding carboxylic acids is 2. The molecule has 1 fully saturated rings. The average Bonchev–Trinajstić information content (AvgIpc) is 2.96. The van der Waals surface area contributed by atoms with Gasteiger partial charge in [-0.2, -0.15) is 0 Å². The minimum absolute atomic E-state index is 0.108. The number of hydrogen-bond donors (Lipinski definition) is 2. The van der Waals surface area contributed by atoms with E-state index in [0.29, 0.717) is 38.2 Å². The zero-order valence-corrected chi connectivity index (χ0v) is 22.3. The first kappa shape index (κ1) is 27.4. The lowest BCUT2D eigenvalue weighted by Gasteiger charge is -2.43. The van der Waals surface area contributed by atoms with Crippen molar-refractivity contribution in [3.05, 3.63) is 101 Å². The van der Waals surface area contributed by atoms with Gasteiger partial charge in [-0.05, 0) is 55.2 Å². The summed E-state index contributed by atoms with van der Waals surface area (Å²) >= 11 is 0. The van der Waals surface area contributed by atoms with Gasteiger partial charge in [0.25, 0.3) is 5.91 Å². The highest BCUT2D eigenvalue weighted by molar-refractivity contribution is 5.97. The monoisotopic (exact) mass is 514 g/mol. The summed E-state index contributed by atoms with van der Waals surface area (Å²) in [7, 11) is 1.67. The van der Waals surface area contributed by atoms with Crippen LogP contribution in [0.4, 0.5) is 0 Å². The van der Waals surface area contributed by atoms with Crippen LogP contribution < -0.4 is 15.8 Å². The number of nitrogens with zero attached hydrogens (tertiary/aromatic N) is 2. The van der Waals surface area contributed by atoms with Gasteiger partial charge in [0.15, 0.2) is 0 Å². The van der Waals surface area contributed by atoms with Gasteiger partial charge in [0.1, 0.15) is 11.8 Å². The first-order chi connectivity index (χ1) is 18.5. The predicted octanol–water partition coefficient (Wildman–Crippen LogP) is 3.75. The van der Waals surface area contributed by atoms with Gasteiger partial charge in [-0.3, -0.25) is 14.5 Å². The zero-order chi connectivity index (χ0) is 26.9. The van der Waals surface area contributed by atoms with Crippen LogP contribution in [-0.2, 0) is 17.9 Å². The molecule has 0 aliphatic carbocycles. The minimum atomic E-state index is -0.572. The lowest BCUT2D eigenvalue weighted by atomic mass is 9.93. The summed E-state index contributed by atoms with van der Waals surface area (Å²) in [4.78, 5) is 31.0. The Kier molecular flexibility index (Phi) is 9.51. The van der Waals surface area contributed by atoms with E-state index in [4.69, 9.17) is 10.5 Å². The molecular weight excluding hydrogens is 476 g/mol. The molecule has 1 heterocycles. The number of benzene rings is 3. The molecule has 1 aliphatic rings. The van der Waals surface area contributed by atoms with Crippen LogP contribution in [0.15, 0.2) is 78.9 Å². The number of hydrogen-bond acceptors (Lipinski definition) is 5. The number of methoxy groups -OCH3 is 1. The van der Waals surface area contributed by atoms with E-state index in [2.05, 4.69) is 34.5 Å². The quantitative estimate of drug-likeness (QED) is 0.430. The van der Waals surface area contributed by atoms with Crippen LogP contribution in [0, 0.1) is 6.92 Å². The van der Waals surface area contributed by atoms with E-state index >= 15 is 0 Å². The number of aryl methyl sites for hydroxylation is 1. The minimum Gasteiger partial charge on any atom is -0.497 e. The molecule has 1 unspecified atom stereocenters. The lowest BCUT2D eigenvalue weighted by Crippen LogP contribution is -2.57. The van der Waals surface area contributed by atoms with E-state index in [-0.39, 0.29) is 17.9 Å². The number of ether oxygens (including phenoxy) is 1. The molecule has 0 spiro atoms. The Morgan fingerprint density at radius 1 is 1.00 bits per heavy atom. The molecule has 0 radical (unpaired) electrons. The Morgan fingerprint density at radius 2 is 1.71 bits per heavy atom. The molecule has 1 saturated heterocycles. The summed E-state index contributed by atoms with van der Waals surface area (Å²) in [5.74, 6) is 0.556. The fraction of sp³-hybridized carbons (Fsp3) is 0.355. The maximum atomic E-state index is 13.5. The van der Waals surface area contributed by atoms with E-state index in [1.54, 1.807) is 12.0 Å². The summed E-state index contributed by atoms with van der Waals surface area (Å²) in [6, 6.07) is 25.5. The second-order valence-electron chi connectivity index (χ2n) is 9.88. The molecule has 7 nitrogen and oxygen atoms in total. The Bertz CT molecular complexity index is 1200. The number of likely N-dealkylation sites (tertiary alicyclic amines) is 1. The van der Waals surface area contributed by atoms with Crippen molar-refractivity contribution in [1.29, 1.82) is 0 Å². The number of carbonyl (C=O) groups is 2. The Balaban J connectivity index is 1.60. The SMILES string of the molecule is COc1cccc(CN(Cc2ccccc2)C2CCN(C(=O)c3ccc(C)cc3)[C@@H](C(=O)NCCN)C2)c1. The fourth-order valence-corrected chi connectivity index (χ4v) is 5.08. The summed E-state index contributed by atoms with van der Waals surface area (Å²) in [6.45, 7) is 4.67. The summed E-state index contributed by atoms with van der Waals surface area (Å²) < 4.78 is 5.45.